The van der Waals surface area contributed by atoms with E-state index in [4.69, 9.17) is 4.74 Å². The van der Waals surface area contributed by atoms with Gasteiger partial charge in [0.1, 0.15) is 11.0 Å². The molecule has 1 unspecified atom stereocenters. The van der Waals surface area contributed by atoms with Gasteiger partial charge in [-0.2, -0.15) is 0 Å². The Kier molecular flexibility index (Phi) is 4.62. The monoisotopic (exact) mass is 400 g/mol. The number of alkyl halides is 3. The first kappa shape index (κ1) is 18.6. The standard InChI is InChI=1S/C18H19F3N2O3S/c1-2-23-16(24)15-13(10-17(23)5-7-25-8-6-17)22-12-4-3-11(9-14(12)27-15)26-18(19,20)21/h3-4,9,15H,2,5-8,10H2,1H3. The summed E-state index contributed by atoms with van der Waals surface area (Å²) in [5, 5.41) is -0.493. The molecule has 1 amide bonds. The van der Waals surface area contributed by atoms with E-state index in [1.54, 1.807) is 0 Å². The molecular formula is C18H19F3N2O3S. The quantitative estimate of drug-likeness (QED) is 0.755. The first-order valence-electron chi connectivity index (χ1n) is 8.84. The fourth-order valence-electron chi connectivity index (χ4n) is 4.11. The van der Waals surface area contributed by atoms with Gasteiger partial charge in [-0.1, -0.05) is 0 Å². The van der Waals surface area contributed by atoms with E-state index < -0.39 is 11.6 Å². The summed E-state index contributed by atoms with van der Waals surface area (Å²) in [6.45, 7) is 3.77. The highest BCUT2D eigenvalue weighted by atomic mass is 32.2. The van der Waals surface area contributed by atoms with Gasteiger partial charge in [0, 0.05) is 36.8 Å². The lowest BCUT2D eigenvalue weighted by Gasteiger charge is -2.51. The average molecular weight is 400 g/mol. The maximum absolute atomic E-state index is 13.2. The number of hydrogen-bond donors (Lipinski definition) is 0. The molecule has 0 N–H and O–H groups in total. The Morgan fingerprint density at radius 1 is 1.37 bits per heavy atom. The summed E-state index contributed by atoms with van der Waals surface area (Å²) in [5.41, 5.74) is 1.12. The molecule has 0 aromatic heterocycles. The number of carbonyl (C=O) groups excluding carboxylic acids is 1. The number of benzene rings is 1. The van der Waals surface area contributed by atoms with Crippen molar-refractivity contribution < 1.29 is 27.4 Å². The van der Waals surface area contributed by atoms with Crippen LogP contribution in [0.2, 0.25) is 0 Å². The smallest absolute Gasteiger partial charge is 0.406 e. The van der Waals surface area contributed by atoms with Crippen molar-refractivity contribution in [3.8, 4) is 5.75 Å². The predicted octanol–water partition coefficient (Wildman–Crippen LogP) is 3.93. The molecule has 0 saturated carbocycles. The number of amides is 1. The Hall–Kier alpha value is -1.74. The third-order valence-corrected chi connectivity index (χ3v) is 6.58. The molecule has 3 aliphatic heterocycles. The highest BCUT2D eigenvalue weighted by molar-refractivity contribution is 8.01. The normalized spacial score (nSPS) is 24.3. The fourth-order valence-corrected chi connectivity index (χ4v) is 5.28. The van der Waals surface area contributed by atoms with Crippen molar-refractivity contribution in [3.63, 3.8) is 0 Å². The van der Waals surface area contributed by atoms with Crippen LogP contribution in [0, 0.1) is 0 Å². The molecule has 9 heteroatoms. The van der Waals surface area contributed by atoms with Gasteiger partial charge in [0.2, 0.25) is 5.91 Å². The molecule has 3 aliphatic rings. The van der Waals surface area contributed by atoms with Gasteiger partial charge in [-0.3, -0.25) is 9.79 Å². The van der Waals surface area contributed by atoms with E-state index in [2.05, 4.69) is 9.73 Å². The van der Waals surface area contributed by atoms with Gasteiger partial charge in [0.25, 0.3) is 0 Å². The lowest BCUT2D eigenvalue weighted by Crippen LogP contribution is -2.63. The Labute approximate surface area is 158 Å². The minimum Gasteiger partial charge on any atom is -0.406 e. The van der Waals surface area contributed by atoms with Gasteiger partial charge in [-0.25, -0.2) is 0 Å². The molecular weight excluding hydrogens is 381 g/mol. The molecule has 1 aromatic rings. The van der Waals surface area contributed by atoms with Crippen molar-refractivity contribution in [2.45, 2.75) is 48.2 Å². The Morgan fingerprint density at radius 2 is 2.11 bits per heavy atom. The number of halogens is 3. The maximum Gasteiger partial charge on any atom is 0.573 e. The predicted molar refractivity (Wildman–Crippen MR) is 94.7 cm³/mol. The average Bonchev–Trinajstić information content (AvgIpc) is 2.60. The number of thioether (sulfide) groups is 1. The summed E-state index contributed by atoms with van der Waals surface area (Å²) < 4.78 is 46.9. The topological polar surface area (TPSA) is 51.1 Å². The fraction of sp³-hybridized carbons (Fsp3) is 0.556. The van der Waals surface area contributed by atoms with E-state index >= 15 is 0 Å². The molecule has 5 nitrogen and oxygen atoms in total. The first-order valence-corrected chi connectivity index (χ1v) is 9.72. The molecule has 146 valence electrons. The van der Waals surface area contributed by atoms with Crippen LogP contribution >= 0.6 is 11.8 Å². The number of aliphatic imine (C=N–C) groups is 1. The highest BCUT2D eigenvalue weighted by Crippen LogP contribution is 2.47. The zero-order valence-electron chi connectivity index (χ0n) is 14.7. The van der Waals surface area contributed by atoms with Crippen molar-refractivity contribution in [1.29, 1.82) is 0 Å². The Balaban J connectivity index is 1.67. The van der Waals surface area contributed by atoms with Gasteiger partial charge < -0.3 is 14.4 Å². The third-order valence-electron chi connectivity index (χ3n) is 5.29. The van der Waals surface area contributed by atoms with Crippen LogP contribution < -0.4 is 4.74 Å². The largest absolute Gasteiger partial charge is 0.573 e. The number of likely N-dealkylation sites (tertiary alicyclic amines) is 1. The number of piperidine rings is 1. The van der Waals surface area contributed by atoms with E-state index in [0.717, 1.165) is 18.6 Å². The van der Waals surface area contributed by atoms with Crippen LogP contribution in [0.4, 0.5) is 18.9 Å². The minimum atomic E-state index is -4.75. The lowest BCUT2D eigenvalue weighted by molar-refractivity contribution is -0.274. The Bertz CT molecular complexity index is 791. The summed E-state index contributed by atoms with van der Waals surface area (Å²) >= 11 is 1.26. The van der Waals surface area contributed by atoms with Gasteiger partial charge in [-0.05, 0) is 38.0 Å². The number of ether oxygens (including phenoxy) is 2. The number of carbonyl (C=O) groups is 1. The third kappa shape index (κ3) is 3.42. The second kappa shape index (κ2) is 6.70. The van der Waals surface area contributed by atoms with Crippen LogP contribution in [0.25, 0.3) is 0 Å². The van der Waals surface area contributed by atoms with E-state index in [1.165, 1.54) is 30.0 Å². The summed E-state index contributed by atoms with van der Waals surface area (Å²) in [5.74, 6) is -0.328. The maximum atomic E-state index is 13.2. The van der Waals surface area contributed by atoms with E-state index in [1.807, 2.05) is 11.8 Å². The van der Waals surface area contributed by atoms with E-state index in [9.17, 15) is 18.0 Å². The molecule has 1 spiro atoms. The molecule has 1 atom stereocenters. The molecule has 3 heterocycles. The lowest BCUT2D eigenvalue weighted by atomic mass is 9.78. The van der Waals surface area contributed by atoms with Crippen molar-refractivity contribution >= 4 is 29.1 Å². The SMILES string of the molecule is CCN1C(=O)C2Sc3cc(OC(F)(F)F)ccc3N=C2CC12CCOCC2. The van der Waals surface area contributed by atoms with Crippen LogP contribution in [0.3, 0.4) is 0 Å². The van der Waals surface area contributed by atoms with Gasteiger partial charge in [-0.15, -0.1) is 24.9 Å². The molecule has 1 aromatic carbocycles. The van der Waals surface area contributed by atoms with Crippen molar-refractivity contribution in [1.82, 2.24) is 4.90 Å². The summed E-state index contributed by atoms with van der Waals surface area (Å²) in [4.78, 5) is 20.2. The van der Waals surface area contributed by atoms with Crippen molar-refractivity contribution in [2.24, 2.45) is 4.99 Å². The number of fused-ring (bicyclic) bond motifs is 2. The van der Waals surface area contributed by atoms with E-state index in [0.29, 0.717) is 36.8 Å². The highest BCUT2D eigenvalue weighted by Gasteiger charge is 2.50. The molecule has 0 bridgehead atoms. The van der Waals surface area contributed by atoms with Crippen LogP contribution in [0.15, 0.2) is 28.1 Å². The van der Waals surface area contributed by atoms with Crippen molar-refractivity contribution in [3.05, 3.63) is 18.2 Å². The summed E-state index contributed by atoms with van der Waals surface area (Å²) in [7, 11) is 0. The van der Waals surface area contributed by atoms with Crippen LogP contribution in [0.5, 0.6) is 5.75 Å². The zero-order valence-corrected chi connectivity index (χ0v) is 15.5. The van der Waals surface area contributed by atoms with Gasteiger partial charge >= 0.3 is 6.36 Å². The van der Waals surface area contributed by atoms with Crippen LogP contribution in [-0.4, -0.2) is 53.4 Å². The first-order chi connectivity index (χ1) is 12.8. The Morgan fingerprint density at radius 3 is 2.78 bits per heavy atom. The molecule has 4 rings (SSSR count). The second-order valence-corrected chi connectivity index (χ2v) is 8.02. The number of rotatable bonds is 2. The number of nitrogens with zero attached hydrogens (tertiary/aromatic N) is 2. The number of hydrogen-bond acceptors (Lipinski definition) is 5. The molecule has 2 saturated heterocycles. The molecule has 27 heavy (non-hydrogen) atoms. The molecule has 2 fully saturated rings. The van der Waals surface area contributed by atoms with Crippen molar-refractivity contribution in [2.75, 3.05) is 19.8 Å². The summed E-state index contributed by atoms with van der Waals surface area (Å²) in [6.07, 6.45) is -2.53. The second-order valence-electron chi connectivity index (χ2n) is 6.87. The van der Waals surface area contributed by atoms with Gasteiger partial charge in [0.15, 0.2) is 0 Å². The summed E-state index contributed by atoms with van der Waals surface area (Å²) in [6, 6.07) is 4.07. The molecule has 0 aliphatic carbocycles. The van der Waals surface area contributed by atoms with Crippen LogP contribution in [0.1, 0.15) is 26.2 Å². The molecule has 0 radical (unpaired) electrons. The van der Waals surface area contributed by atoms with E-state index in [-0.39, 0.29) is 17.2 Å². The van der Waals surface area contributed by atoms with Gasteiger partial charge in [0.05, 0.1) is 11.2 Å². The van der Waals surface area contributed by atoms with Crippen LogP contribution in [-0.2, 0) is 9.53 Å². The zero-order chi connectivity index (χ0) is 19.2. The minimum absolute atomic E-state index is 0.0257.